The van der Waals surface area contributed by atoms with Crippen molar-refractivity contribution < 1.29 is 45.7 Å². The minimum absolute atomic E-state index is 0.0529. The number of phenolic OH excluding ortho intramolecular Hbond substituents is 1. The van der Waals surface area contributed by atoms with Crippen LogP contribution in [-0.2, 0) is 13.2 Å². The second-order valence-corrected chi connectivity index (χ2v) is 8.54. The zero-order valence-corrected chi connectivity index (χ0v) is 21.9. The summed E-state index contributed by atoms with van der Waals surface area (Å²) in [6.45, 7) is -3.13. The van der Waals surface area contributed by atoms with Crippen LogP contribution in [0.1, 0.15) is 15.9 Å². The zero-order chi connectivity index (χ0) is 30.9. The van der Waals surface area contributed by atoms with Crippen LogP contribution in [0.15, 0.2) is 53.3 Å². The van der Waals surface area contributed by atoms with Gasteiger partial charge in [-0.3, -0.25) is 14.3 Å². The Morgan fingerprint density at radius 1 is 1.07 bits per heavy atom. The summed E-state index contributed by atoms with van der Waals surface area (Å²) in [6.07, 6.45) is -4.99. The molecule has 0 unspecified atom stereocenters. The highest BCUT2D eigenvalue weighted by molar-refractivity contribution is 6.06. The van der Waals surface area contributed by atoms with Crippen molar-refractivity contribution in [2.45, 2.75) is 12.8 Å². The second-order valence-electron chi connectivity index (χ2n) is 8.54. The predicted molar refractivity (Wildman–Crippen MR) is 138 cm³/mol. The van der Waals surface area contributed by atoms with E-state index in [0.29, 0.717) is 10.7 Å². The summed E-state index contributed by atoms with van der Waals surface area (Å²) in [6, 6.07) is 7.81. The third-order valence-electron chi connectivity index (χ3n) is 6.00. The van der Waals surface area contributed by atoms with Crippen molar-refractivity contribution in [1.82, 2.24) is 14.3 Å². The number of hydrogen-bond acceptors (Lipinski definition) is 7. The van der Waals surface area contributed by atoms with Gasteiger partial charge in [0, 0.05) is 31.8 Å². The van der Waals surface area contributed by atoms with Crippen LogP contribution in [-0.4, -0.2) is 46.1 Å². The average molecular weight is 597 g/mol. The third kappa shape index (κ3) is 5.68. The molecule has 0 atom stereocenters. The molecule has 2 aromatic carbocycles. The number of phenols is 1. The summed E-state index contributed by atoms with van der Waals surface area (Å²) < 4.78 is 92.7. The Labute approximate surface area is 232 Å². The summed E-state index contributed by atoms with van der Waals surface area (Å²) >= 11 is 0. The predicted octanol–water partition coefficient (Wildman–Crippen LogP) is 5.01. The van der Waals surface area contributed by atoms with Gasteiger partial charge in [0.25, 0.3) is 11.5 Å². The Bertz CT molecular complexity index is 1680. The molecule has 3 N–H and O–H groups in total. The molecule has 4 rings (SSSR count). The first-order valence-corrected chi connectivity index (χ1v) is 11.8. The van der Waals surface area contributed by atoms with Gasteiger partial charge in [0.1, 0.15) is 45.8 Å². The quantitative estimate of drug-likeness (QED) is 0.245. The number of methoxy groups -OCH3 is 1. The van der Waals surface area contributed by atoms with E-state index in [-0.39, 0.29) is 22.9 Å². The van der Waals surface area contributed by atoms with E-state index >= 15 is 4.39 Å². The molecule has 0 aliphatic rings. The first-order chi connectivity index (χ1) is 19.8. The molecule has 0 radical (unpaired) electrons. The monoisotopic (exact) mass is 597 g/mol. The highest BCUT2D eigenvalue weighted by atomic mass is 19.4. The van der Waals surface area contributed by atoms with Crippen molar-refractivity contribution in [1.29, 1.82) is 0 Å². The number of anilines is 2. The van der Waals surface area contributed by atoms with E-state index in [0.717, 1.165) is 54.2 Å². The number of halogens is 6. The van der Waals surface area contributed by atoms with Crippen LogP contribution < -0.4 is 25.7 Å². The number of aromatic nitrogens is 3. The molecular formula is C26H21F6N5O5. The van der Waals surface area contributed by atoms with E-state index in [1.807, 2.05) is 0 Å². The summed E-state index contributed by atoms with van der Waals surface area (Å²) in [5.74, 6) is -4.28. The lowest BCUT2D eigenvalue weighted by Gasteiger charge is -2.16. The van der Waals surface area contributed by atoms with Gasteiger partial charge in [-0.25, -0.2) is 9.37 Å². The number of carbonyl (C=O) groups excluding carboxylic acids is 1. The smallest absolute Gasteiger partial charge is 0.420 e. The van der Waals surface area contributed by atoms with E-state index < -0.39 is 64.1 Å². The molecule has 0 saturated heterocycles. The zero-order valence-electron chi connectivity index (χ0n) is 21.9. The molecule has 10 nitrogen and oxygen atoms in total. The van der Waals surface area contributed by atoms with Gasteiger partial charge in [-0.15, -0.1) is 0 Å². The molecule has 222 valence electrons. The van der Waals surface area contributed by atoms with Crippen LogP contribution in [0.3, 0.4) is 0 Å². The highest BCUT2D eigenvalue weighted by Gasteiger charge is 2.37. The normalized spacial score (nSPS) is 11.5. The Morgan fingerprint density at radius 3 is 2.29 bits per heavy atom. The van der Waals surface area contributed by atoms with Gasteiger partial charge in [-0.1, -0.05) is 0 Å². The fourth-order valence-electron chi connectivity index (χ4n) is 4.11. The Kier molecular flexibility index (Phi) is 8.08. The average Bonchev–Trinajstić information content (AvgIpc) is 3.15. The number of alkyl halides is 5. The number of carbonyl (C=O) groups is 1. The van der Waals surface area contributed by atoms with Crippen LogP contribution in [0, 0.1) is 5.82 Å². The number of aromatic hydroxyl groups is 1. The lowest BCUT2D eigenvalue weighted by molar-refractivity contribution is -0.137. The summed E-state index contributed by atoms with van der Waals surface area (Å²) in [4.78, 5) is 30.7. The van der Waals surface area contributed by atoms with Crippen molar-refractivity contribution in [3.8, 4) is 34.3 Å². The molecule has 0 aliphatic heterocycles. The fourth-order valence-corrected chi connectivity index (χ4v) is 4.11. The van der Waals surface area contributed by atoms with E-state index in [1.165, 1.54) is 14.2 Å². The van der Waals surface area contributed by atoms with Crippen LogP contribution in [0.2, 0.25) is 0 Å². The van der Waals surface area contributed by atoms with Crippen LogP contribution >= 0.6 is 0 Å². The van der Waals surface area contributed by atoms with E-state index in [4.69, 9.17) is 4.74 Å². The molecule has 2 heterocycles. The molecular weight excluding hydrogens is 576 g/mol. The van der Waals surface area contributed by atoms with Crippen molar-refractivity contribution in [2.75, 3.05) is 24.8 Å². The maximum absolute atomic E-state index is 15.3. The van der Waals surface area contributed by atoms with Gasteiger partial charge in [-0.05, 0) is 36.4 Å². The third-order valence-corrected chi connectivity index (χ3v) is 6.00. The number of hydrogen-bond donors (Lipinski definition) is 3. The van der Waals surface area contributed by atoms with Crippen LogP contribution in [0.25, 0.3) is 17.1 Å². The van der Waals surface area contributed by atoms with Gasteiger partial charge >= 0.3 is 12.8 Å². The van der Waals surface area contributed by atoms with E-state index in [9.17, 15) is 36.6 Å². The molecule has 16 heteroatoms. The van der Waals surface area contributed by atoms with Crippen molar-refractivity contribution in [3.63, 3.8) is 0 Å². The number of rotatable bonds is 8. The SMILES string of the molecule is CNc1ccc(C(F)(F)F)c(-n2c(=O)c(NC(=O)c3ccc(OC(F)F)cc3)c(-c3c(O)cc(OC)cc3F)n2C)n1. The van der Waals surface area contributed by atoms with Crippen molar-refractivity contribution in [3.05, 3.63) is 75.8 Å². The summed E-state index contributed by atoms with van der Waals surface area (Å²) in [5, 5.41) is 15.5. The minimum atomic E-state index is -4.99. The maximum atomic E-state index is 15.3. The fraction of sp³-hybridized carbons (Fsp3) is 0.192. The lowest BCUT2D eigenvalue weighted by Crippen LogP contribution is -2.26. The van der Waals surface area contributed by atoms with Crippen LogP contribution in [0.5, 0.6) is 17.2 Å². The first kappa shape index (κ1) is 29.8. The molecule has 2 aromatic heterocycles. The van der Waals surface area contributed by atoms with Gasteiger partial charge < -0.3 is 25.2 Å². The molecule has 0 saturated carbocycles. The number of ether oxygens (including phenoxy) is 2. The Hall–Kier alpha value is -5.15. The molecule has 1 amide bonds. The van der Waals surface area contributed by atoms with Crippen LogP contribution in [0.4, 0.5) is 37.8 Å². The minimum Gasteiger partial charge on any atom is -0.507 e. The van der Waals surface area contributed by atoms with Gasteiger partial charge in [0.05, 0.1) is 12.7 Å². The van der Waals surface area contributed by atoms with Crippen molar-refractivity contribution >= 4 is 17.4 Å². The Morgan fingerprint density at radius 2 is 1.74 bits per heavy atom. The first-order valence-electron chi connectivity index (χ1n) is 11.8. The van der Waals surface area contributed by atoms with Gasteiger partial charge in [0.2, 0.25) is 0 Å². The largest absolute Gasteiger partial charge is 0.507 e. The maximum Gasteiger partial charge on any atom is 0.420 e. The van der Waals surface area contributed by atoms with Gasteiger partial charge in [-0.2, -0.15) is 26.6 Å². The molecule has 0 spiro atoms. The Balaban J connectivity index is 1.97. The number of pyridine rings is 1. The number of amides is 1. The standard InChI is InChI=1S/C26H21F6N5O5/c1-33-18-9-8-15(26(30,31)32)22(34-18)37-24(40)20(35-23(39)12-4-6-13(7-5-12)42-25(28)29)21(36(37)2)19-16(27)10-14(41-3)11-17(19)38/h4-11,25,38H,1-3H3,(H,33,34)(H,35,39). The molecule has 42 heavy (non-hydrogen) atoms. The molecule has 4 aromatic rings. The highest BCUT2D eigenvalue weighted by Crippen LogP contribution is 2.40. The number of benzene rings is 2. The number of nitrogens with zero attached hydrogens (tertiary/aromatic N) is 3. The summed E-state index contributed by atoms with van der Waals surface area (Å²) in [7, 11) is 3.68. The summed E-state index contributed by atoms with van der Waals surface area (Å²) in [5.41, 5.74) is -4.67. The topological polar surface area (TPSA) is 120 Å². The van der Waals surface area contributed by atoms with E-state index in [1.54, 1.807) is 0 Å². The molecule has 0 fully saturated rings. The number of nitrogens with one attached hydrogen (secondary N) is 2. The van der Waals surface area contributed by atoms with Crippen molar-refractivity contribution in [2.24, 2.45) is 7.05 Å². The second kappa shape index (κ2) is 11.4. The molecule has 0 aliphatic carbocycles. The lowest BCUT2D eigenvalue weighted by atomic mass is 10.1. The van der Waals surface area contributed by atoms with Gasteiger partial charge in [0.15, 0.2) is 5.82 Å². The molecule has 0 bridgehead atoms. The van der Waals surface area contributed by atoms with E-state index in [2.05, 4.69) is 20.4 Å².